The zero-order valence-corrected chi connectivity index (χ0v) is 76.4. The standard InChI is InChI=1S/C41H26BN7S.C40H28BN3.C35H21BN6S2/c1-5-15-27(16-6-1)37-45-38(28-17-7-2-8-18-28)47-41(46-37)49-33-31-23-13-25-43-39(31)48(30-21-11-4-12-22-30)35(33)42(29-19-9-3-10-20-29)36-34(49)32-24-14-26-44-40(32)50-36;1-5-17-29(18-6-1)41-37-33-25-13-15-27-35(33)43(31-21-9-3-10-22-31)40(37)44(32-23-11-4-12-24-32)38-34-26-14-16-28-36(34)42(39(38)41)30-19-7-2-8-20-30;1-4-12-22(13-5-1)31-39-32(23-14-6-2-7-15-23)41-35(40-31)42-27-25-18-10-20-37-33(25)43-29(27)36(24-16-8-3-9-17-24)30-28(42)26-19-11-21-38-34(26)44-30/h1-26H;1-28H;1-21H. The molecule has 25 aromatic rings. The SMILES string of the molecule is c1ccc(B2c3c(n(-c4ccccc4)c4ccccc34)N(c3ccccc3)c3c2n(-c2ccccc2)c2ccccc32)cc1.c1ccc(B2c3sc4ncccc4c3N(c3nc(-c4ccccc4)nc(-c4ccccc4)n3)c3c2n(-c2ccccc2)c2ncccc32)cc1.c1ccc(B2c3sc4ncccc4c3N(c3nc(-c4ccccc4)nc(-c4ccccc4)n3)c3c2sc2ncccc32)cc1. The van der Waals surface area contributed by atoms with Crippen LogP contribution in [0.15, 0.2) is 455 Å². The van der Waals surface area contributed by atoms with Gasteiger partial charge >= 0.3 is 0 Å². The summed E-state index contributed by atoms with van der Waals surface area (Å²) in [6.07, 6.45) is 7.47. The van der Waals surface area contributed by atoms with Gasteiger partial charge in [0, 0.05) is 122 Å². The van der Waals surface area contributed by atoms with Crippen molar-refractivity contribution in [2.24, 2.45) is 0 Å². The van der Waals surface area contributed by atoms with Crippen LogP contribution in [0.3, 0.4) is 0 Å². The highest BCUT2D eigenvalue weighted by Crippen LogP contribution is 2.51. The number of benzene rings is 13. The van der Waals surface area contributed by atoms with Crippen LogP contribution in [-0.2, 0) is 0 Å². The van der Waals surface area contributed by atoms with Crippen molar-refractivity contribution in [1.29, 1.82) is 0 Å². The largest absolute Gasteiger partial charge is 0.319 e. The summed E-state index contributed by atoms with van der Waals surface area (Å²) in [5, 5.41) is 6.69. The maximum absolute atomic E-state index is 5.28. The fourth-order valence-electron chi connectivity index (χ4n) is 20.3. The van der Waals surface area contributed by atoms with Crippen molar-refractivity contribution < 1.29 is 0 Å². The van der Waals surface area contributed by atoms with Crippen molar-refractivity contribution in [2.45, 2.75) is 0 Å². The van der Waals surface area contributed by atoms with Gasteiger partial charge in [-0.3, -0.25) is 19.3 Å². The Morgan fingerprint density at radius 2 is 0.507 bits per heavy atom. The Bertz CT molecular complexity index is 8510. The van der Waals surface area contributed by atoms with Gasteiger partial charge in [-0.25, -0.2) is 29.9 Å². The van der Waals surface area contributed by atoms with Gasteiger partial charge in [0.2, 0.25) is 11.9 Å². The summed E-state index contributed by atoms with van der Waals surface area (Å²) >= 11 is 5.20. The molecule has 22 heteroatoms. The second-order valence-corrected chi connectivity index (χ2v) is 37.1. The molecule has 28 rings (SSSR count). The molecule has 0 saturated heterocycles. The smallest absolute Gasteiger partial charge is 0.281 e. The van der Waals surface area contributed by atoms with E-state index in [1.807, 2.05) is 176 Å². The summed E-state index contributed by atoms with van der Waals surface area (Å²) in [5.41, 5.74) is 24.2. The normalized spacial score (nSPS) is 12.4. The van der Waals surface area contributed by atoms with Crippen LogP contribution in [0.2, 0.25) is 0 Å². The minimum absolute atomic E-state index is 0.0105. The number of para-hydroxylation sites is 6. The first kappa shape index (κ1) is 81.4. The van der Waals surface area contributed by atoms with Crippen molar-refractivity contribution in [3.05, 3.63) is 455 Å². The van der Waals surface area contributed by atoms with Gasteiger partial charge < -0.3 is 9.13 Å². The highest BCUT2D eigenvalue weighted by molar-refractivity contribution is 7.40. The number of hydrogen-bond donors (Lipinski definition) is 0. The third-order valence-corrected chi connectivity index (χ3v) is 29.6. The van der Waals surface area contributed by atoms with E-state index in [0.717, 1.165) is 115 Å². The number of aromatic nitrogens is 13. The van der Waals surface area contributed by atoms with E-state index in [9.17, 15) is 0 Å². The van der Waals surface area contributed by atoms with Gasteiger partial charge in [0.05, 0.1) is 39.5 Å². The van der Waals surface area contributed by atoms with Crippen LogP contribution in [0.4, 0.5) is 51.8 Å². The molecule has 0 saturated carbocycles. The first-order valence-corrected chi connectivity index (χ1v) is 48.4. The maximum Gasteiger partial charge on any atom is 0.281 e. The first-order valence-electron chi connectivity index (χ1n) is 46.0. The Labute approximate surface area is 807 Å². The molecular formula is C116H75B3N16S3. The van der Waals surface area contributed by atoms with Gasteiger partial charge in [-0.1, -0.05) is 338 Å². The summed E-state index contributed by atoms with van der Waals surface area (Å²) in [7, 11) is 0. The fraction of sp³-hybridized carbons (Fsp3) is 0. The van der Waals surface area contributed by atoms with Crippen molar-refractivity contribution in [1.82, 2.24) is 63.5 Å². The number of rotatable bonds is 13. The number of anilines is 9. The highest BCUT2D eigenvalue weighted by Gasteiger charge is 2.48. The third-order valence-electron chi connectivity index (χ3n) is 26.1. The van der Waals surface area contributed by atoms with Crippen LogP contribution in [0.1, 0.15) is 0 Å². The lowest BCUT2D eigenvalue weighted by molar-refractivity contribution is 1.03. The molecule has 0 N–H and O–H groups in total. The van der Waals surface area contributed by atoms with Crippen molar-refractivity contribution in [2.75, 3.05) is 14.7 Å². The number of nitrogens with zero attached hydrogens (tertiary/aromatic N) is 16. The molecule has 15 heterocycles. The molecule has 0 aliphatic carbocycles. The predicted molar refractivity (Wildman–Crippen MR) is 573 cm³/mol. The van der Waals surface area contributed by atoms with E-state index in [-0.39, 0.29) is 20.1 Å². The summed E-state index contributed by atoms with van der Waals surface area (Å²) in [4.78, 5) is 60.4. The molecule has 12 aromatic heterocycles. The van der Waals surface area contributed by atoms with Crippen LogP contribution in [0.25, 0.3) is 126 Å². The Morgan fingerprint density at radius 3 is 0.935 bits per heavy atom. The zero-order valence-electron chi connectivity index (χ0n) is 73.9. The van der Waals surface area contributed by atoms with Crippen LogP contribution in [-0.4, -0.2) is 83.7 Å². The van der Waals surface area contributed by atoms with Crippen LogP contribution in [0.5, 0.6) is 0 Å². The molecule has 138 heavy (non-hydrogen) atoms. The minimum Gasteiger partial charge on any atom is -0.319 e. The molecule has 0 spiro atoms. The van der Waals surface area contributed by atoms with Crippen molar-refractivity contribution in [3.63, 3.8) is 0 Å². The Kier molecular flexibility index (Phi) is 20.4. The monoisotopic (exact) mass is 1820 g/mol. The van der Waals surface area contributed by atoms with Gasteiger partial charge in [0.25, 0.3) is 20.1 Å². The van der Waals surface area contributed by atoms with E-state index in [1.54, 1.807) is 34.0 Å². The quantitative estimate of drug-likeness (QED) is 0.101. The molecular weight excluding hydrogens is 1750 g/mol. The third kappa shape index (κ3) is 13.8. The van der Waals surface area contributed by atoms with Crippen LogP contribution >= 0.6 is 34.0 Å². The molecule has 0 amide bonds. The summed E-state index contributed by atoms with van der Waals surface area (Å²) in [6.45, 7) is -0.0985. The molecule has 0 radical (unpaired) electrons. The van der Waals surface area contributed by atoms with E-state index in [4.69, 9.17) is 49.8 Å². The predicted octanol–water partition coefficient (Wildman–Crippen LogP) is 22.1. The fourth-order valence-corrected chi connectivity index (χ4v) is 24.2. The van der Waals surface area contributed by atoms with Crippen LogP contribution in [0, 0.1) is 0 Å². The van der Waals surface area contributed by atoms with E-state index in [0.29, 0.717) is 35.2 Å². The Balaban J connectivity index is 0.000000107. The van der Waals surface area contributed by atoms with Crippen molar-refractivity contribution in [3.8, 4) is 62.6 Å². The molecule has 3 aliphatic rings. The summed E-state index contributed by atoms with van der Waals surface area (Å²) in [5.74, 6) is 4.73. The molecule has 16 nitrogen and oxygen atoms in total. The minimum atomic E-state index is -0.116. The van der Waals surface area contributed by atoms with Gasteiger partial charge in [-0.15, -0.1) is 34.0 Å². The second kappa shape index (κ2) is 34.6. The average molecular weight is 1820 g/mol. The van der Waals surface area contributed by atoms with Gasteiger partial charge in [-0.2, -0.15) is 19.9 Å². The number of fused-ring (bicyclic) bond motifs is 18. The summed E-state index contributed by atoms with van der Waals surface area (Å²) in [6, 6.07) is 150. The number of pyridine rings is 4. The lowest BCUT2D eigenvalue weighted by Gasteiger charge is -2.36. The molecule has 646 valence electrons. The van der Waals surface area contributed by atoms with E-state index in [1.165, 1.54) is 75.1 Å². The Hall–Kier alpha value is -17.4. The summed E-state index contributed by atoms with van der Waals surface area (Å²) < 4.78 is 10.9. The van der Waals surface area contributed by atoms with Crippen LogP contribution < -0.4 is 62.1 Å². The van der Waals surface area contributed by atoms with E-state index >= 15 is 0 Å². The Morgan fingerprint density at radius 1 is 0.210 bits per heavy atom. The van der Waals surface area contributed by atoms with E-state index < -0.39 is 0 Å². The number of hydrogen-bond acceptors (Lipinski definition) is 16. The molecule has 0 unspecified atom stereocenters. The number of thiophene rings is 3. The first-order chi connectivity index (χ1) is 68.6. The van der Waals surface area contributed by atoms with Gasteiger partial charge in [0.15, 0.2) is 23.3 Å². The lowest BCUT2D eigenvalue weighted by atomic mass is 9.36. The topological polar surface area (TPSA) is 153 Å². The molecule has 0 bridgehead atoms. The molecule has 0 atom stereocenters. The van der Waals surface area contributed by atoms with E-state index in [2.05, 4.69) is 307 Å². The maximum atomic E-state index is 5.28. The second-order valence-electron chi connectivity index (χ2n) is 34.0. The van der Waals surface area contributed by atoms with Gasteiger partial charge in [0.1, 0.15) is 26.0 Å². The molecule has 0 fully saturated rings. The molecule has 13 aromatic carbocycles. The highest BCUT2D eigenvalue weighted by atomic mass is 32.1. The molecule has 3 aliphatic heterocycles. The average Bonchev–Trinajstić information content (AvgIpc) is 1.53. The van der Waals surface area contributed by atoms with Crippen molar-refractivity contribution >= 4 is 217 Å². The lowest BCUT2D eigenvalue weighted by Crippen LogP contribution is -2.59. The zero-order chi connectivity index (χ0) is 91.1. The van der Waals surface area contributed by atoms with Gasteiger partial charge in [-0.05, 0) is 120 Å².